The Hall–Kier alpha value is -0.590. The standard InChI is InChI=1S/C9H7NS.Au/c1-10-9(7-11)8-5-3-2-4-6-8;/h2-7,11H;/q;+1/p-1/b9-7-;. The first-order chi connectivity index (χ1) is 5.38. The van der Waals surface area contributed by atoms with Crippen molar-refractivity contribution in [1.29, 1.82) is 0 Å². The van der Waals surface area contributed by atoms with Gasteiger partial charge in [-0.25, -0.2) is 10.3 Å². The third-order valence-electron chi connectivity index (χ3n) is 1.30. The minimum atomic E-state index is 0. The second-order valence-corrected chi connectivity index (χ2v) is 2.22. The van der Waals surface area contributed by atoms with E-state index in [1.807, 2.05) is 30.3 Å². The van der Waals surface area contributed by atoms with Crippen molar-refractivity contribution in [1.82, 2.24) is 0 Å². The van der Waals surface area contributed by atoms with Crippen molar-refractivity contribution in [2.24, 2.45) is 0 Å². The van der Waals surface area contributed by atoms with Gasteiger partial charge in [0, 0.05) is 0 Å². The predicted molar refractivity (Wildman–Crippen MR) is 48.4 cm³/mol. The molecule has 0 atom stereocenters. The summed E-state index contributed by atoms with van der Waals surface area (Å²) in [4.78, 5) is 3.28. The van der Waals surface area contributed by atoms with Gasteiger partial charge in [0.1, 0.15) is 0 Å². The molecule has 0 N–H and O–H groups in total. The SMILES string of the molecule is [Au+].[C-]#[N+]/C(=C\[S-])c1ccccc1. The van der Waals surface area contributed by atoms with E-state index in [1.165, 1.54) is 5.41 Å². The molecule has 1 nitrogen and oxygen atoms in total. The number of nitrogens with zero attached hydrogens (tertiary/aromatic N) is 1. The van der Waals surface area contributed by atoms with Crippen molar-refractivity contribution in [2.75, 3.05) is 0 Å². The average molecular weight is 357 g/mol. The Bertz CT molecular complexity index is 300. The summed E-state index contributed by atoms with van der Waals surface area (Å²) in [6, 6.07) is 9.43. The van der Waals surface area contributed by atoms with Crippen molar-refractivity contribution in [2.45, 2.75) is 0 Å². The number of benzene rings is 1. The van der Waals surface area contributed by atoms with Gasteiger partial charge >= 0.3 is 22.4 Å². The molecule has 3 heteroatoms. The van der Waals surface area contributed by atoms with Gasteiger partial charge in [0.05, 0.1) is 6.57 Å². The van der Waals surface area contributed by atoms with E-state index in [0.717, 1.165) is 5.56 Å². The molecule has 0 aromatic heterocycles. The van der Waals surface area contributed by atoms with Gasteiger partial charge in [-0.15, -0.1) is 0 Å². The van der Waals surface area contributed by atoms with Gasteiger partial charge in [0.15, 0.2) is 5.70 Å². The number of rotatable bonds is 1. The fourth-order valence-electron chi connectivity index (χ4n) is 0.768. The fourth-order valence-corrected chi connectivity index (χ4v) is 0.957. The Balaban J connectivity index is 0.00000121. The van der Waals surface area contributed by atoms with Crippen LogP contribution >= 0.6 is 0 Å². The first-order valence-electron chi connectivity index (χ1n) is 3.13. The van der Waals surface area contributed by atoms with Gasteiger partial charge in [-0.05, 0) is 5.56 Å². The van der Waals surface area contributed by atoms with E-state index in [0.29, 0.717) is 5.70 Å². The molecule has 0 unspecified atom stereocenters. The zero-order chi connectivity index (χ0) is 8.10. The molecule has 0 saturated carbocycles. The van der Waals surface area contributed by atoms with E-state index in [-0.39, 0.29) is 22.4 Å². The molecular formula is C9H6AuNS. The summed E-state index contributed by atoms with van der Waals surface area (Å²) in [5.74, 6) is 0. The zero-order valence-corrected chi connectivity index (χ0v) is 9.10. The molecule has 1 aromatic rings. The normalized spacial score (nSPS) is 9.75. The molecule has 0 fully saturated rings. The maximum Gasteiger partial charge on any atom is 1.00 e. The van der Waals surface area contributed by atoms with Gasteiger partial charge in [0.2, 0.25) is 0 Å². The molecule has 12 heavy (non-hydrogen) atoms. The molecular weight excluding hydrogens is 351 g/mol. The Labute approximate surface area is 93.2 Å². The van der Waals surface area contributed by atoms with E-state index < -0.39 is 0 Å². The topological polar surface area (TPSA) is 4.36 Å². The zero-order valence-electron chi connectivity index (χ0n) is 6.12. The molecule has 0 aliphatic carbocycles. The summed E-state index contributed by atoms with van der Waals surface area (Å²) in [7, 11) is 0. The Morgan fingerprint density at radius 2 is 1.92 bits per heavy atom. The number of hydrogen-bond donors (Lipinski definition) is 0. The van der Waals surface area contributed by atoms with Crippen LogP contribution in [0.5, 0.6) is 0 Å². The number of hydrogen-bond acceptors (Lipinski definition) is 1. The second kappa shape index (κ2) is 5.99. The maximum absolute atomic E-state index is 6.79. The first kappa shape index (κ1) is 11.4. The second-order valence-electron chi connectivity index (χ2n) is 1.98. The van der Waals surface area contributed by atoms with E-state index in [2.05, 4.69) is 17.5 Å². The Morgan fingerprint density at radius 3 is 2.33 bits per heavy atom. The molecule has 0 amide bonds. The minimum Gasteiger partial charge on any atom is -0.799 e. The van der Waals surface area contributed by atoms with Gasteiger partial charge in [0.25, 0.3) is 0 Å². The smallest absolute Gasteiger partial charge is 0.799 e. The van der Waals surface area contributed by atoms with Crippen LogP contribution in [0.15, 0.2) is 35.7 Å². The summed E-state index contributed by atoms with van der Waals surface area (Å²) in [5, 5.41) is 1.41. The molecule has 0 radical (unpaired) electrons. The summed E-state index contributed by atoms with van der Waals surface area (Å²) < 4.78 is 0. The fraction of sp³-hybridized carbons (Fsp3) is 0. The van der Waals surface area contributed by atoms with Crippen molar-refractivity contribution in [3.63, 3.8) is 0 Å². The third kappa shape index (κ3) is 2.80. The summed E-state index contributed by atoms with van der Waals surface area (Å²) >= 11 is 4.68. The summed E-state index contributed by atoms with van der Waals surface area (Å²) in [6.45, 7) is 6.79. The first-order valence-corrected chi connectivity index (χ1v) is 3.60. The molecule has 0 aliphatic rings. The largest absolute Gasteiger partial charge is 1.00 e. The van der Waals surface area contributed by atoms with Crippen LogP contribution in [0.1, 0.15) is 5.56 Å². The van der Waals surface area contributed by atoms with Crippen LogP contribution in [0.2, 0.25) is 0 Å². The van der Waals surface area contributed by atoms with Crippen LogP contribution in [0.25, 0.3) is 10.5 Å². The maximum atomic E-state index is 6.79. The van der Waals surface area contributed by atoms with Crippen LogP contribution in [0.4, 0.5) is 0 Å². The van der Waals surface area contributed by atoms with Crippen molar-refractivity contribution in [3.05, 3.63) is 52.7 Å². The molecule has 0 heterocycles. The molecule has 1 aromatic carbocycles. The van der Waals surface area contributed by atoms with Gasteiger partial charge in [-0.3, -0.25) is 0 Å². The minimum absolute atomic E-state index is 0. The van der Waals surface area contributed by atoms with Crippen LogP contribution in [0, 0.1) is 6.57 Å². The predicted octanol–water partition coefficient (Wildman–Crippen LogP) is 2.45. The van der Waals surface area contributed by atoms with E-state index >= 15 is 0 Å². The summed E-state index contributed by atoms with van der Waals surface area (Å²) in [5.41, 5.74) is 1.41. The van der Waals surface area contributed by atoms with E-state index in [1.54, 1.807) is 0 Å². The van der Waals surface area contributed by atoms with Crippen molar-refractivity contribution >= 4 is 18.3 Å². The van der Waals surface area contributed by atoms with Crippen LogP contribution in [-0.4, -0.2) is 0 Å². The van der Waals surface area contributed by atoms with Crippen LogP contribution in [0.3, 0.4) is 0 Å². The Kier molecular flexibility index (Phi) is 5.69. The van der Waals surface area contributed by atoms with Crippen molar-refractivity contribution < 1.29 is 22.4 Å². The van der Waals surface area contributed by atoms with E-state index in [4.69, 9.17) is 6.57 Å². The molecule has 0 bridgehead atoms. The molecule has 0 saturated heterocycles. The molecule has 64 valence electrons. The molecule has 0 spiro atoms. The Morgan fingerprint density at radius 1 is 1.33 bits per heavy atom. The average Bonchev–Trinajstić information content (AvgIpc) is 2.09. The van der Waals surface area contributed by atoms with Gasteiger partial charge < -0.3 is 12.6 Å². The monoisotopic (exact) mass is 357 g/mol. The van der Waals surface area contributed by atoms with E-state index in [9.17, 15) is 0 Å². The quantitative estimate of drug-likeness (QED) is 0.425. The van der Waals surface area contributed by atoms with Crippen LogP contribution in [-0.2, 0) is 35.0 Å². The van der Waals surface area contributed by atoms with Gasteiger partial charge in [-0.1, -0.05) is 30.3 Å². The summed E-state index contributed by atoms with van der Waals surface area (Å²) in [6.07, 6.45) is 0. The molecule has 1 rings (SSSR count). The molecule has 0 aliphatic heterocycles. The van der Waals surface area contributed by atoms with Crippen LogP contribution < -0.4 is 0 Å². The van der Waals surface area contributed by atoms with Crippen molar-refractivity contribution in [3.8, 4) is 0 Å². The van der Waals surface area contributed by atoms with Gasteiger partial charge in [-0.2, -0.15) is 0 Å². The third-order valence-corrected chi connectivity index (χ3v) is 1.52.